The molecule has 7 heteroatoms. The molecule has 6 nitrogen and oxygen atoms in total. The number of rotatable bonds is 6. The van der Waals surface area contributed by atoms with Crippen molar-refractivity contribution < 1.29 is 23.1 Å². The van der Waals surface area contributed by atoms with E-state index in [1.807, 2.05) is 18.2 Å². The van der Waals surface area contributed by atoms with E-state index in [0.717, 1.165) is 19.3 Å². The number of ether oxygens (including phenoxy) is 1. The summed E-state index contributed by atoms with van der Waals surface area (Å²) in [5, 5.41) is 9.28. The summed E-state index contributed by atoms with van der Waals surface area (Å²) in [7, 11) is -2.37. The molecule has 0 bridgehead atoms. The molecule has 144 valence electrons. The maximum atomic E-state index is 12.9. The molecule has 1 saturated heterocycles. The number of piperidine rings is 1. The maximum Gasteiger partial charge on any atom is 0.339 e. The molecule has 0 saturated carbocycles. The predicted octanol–water partition coefficient (Wildman–Crippen LogP) is 3.04. The molecule has 0 aromatic heterocycles. The zero-order valence-electron chi connectivity index (χ0n) is 15.2. The molecule has 1 N–H and O–H groups in total. The average Bonchev–Trinajstić information content (AvgIpc) is 2.68. The minimum absolute atomic E-state index is 0.0118. The molecular formula is C20H23NO5S. The van der Waals surface area contributed by atoms with Gasteiger partial charge in [0.05, 0.1) is 12.0 Å². The molecule has 1 heterocycles. The fraction of sp³-hybridized carbons (Fsp3) is 0.350. The molecule has 0 radical (unpaired) electrons. The van der Waals surface area contributed by atoms with Crippen LogP contribution in [0.1, 0.15) is 28.8 Å². The highest BCUT2D eigenvalue weighted by Crippen LogP contribution is 2.28. The van der Waals surface area contributed by atoms with E-state index in [4.69, 9.17) is 4.74 Å². The van der Waals surface area contributed by atoms with Gasteiger partial charge in [0.2, 0.25) is 10.0 Å². The van der Waals surface area contributed by atoms with Crippen LogP contribution in [0.15, 0.2) is 53.4 Å². The average molecular weight is 389 g/mol. The summed E-state index contributed by atoms with van der Waals surface area (Å²) in [5.41, 5.74) is 1.11. The monoisotopic (exact) mass is 389 g/mol. The number of carbonyl (C=O) groups is 1. The van der Waals surface area contributed by atoms with Crippen molar-refractivity contribution in [2.24, 2.45) is 5.92 Å². The first kappa shape index (κ1) is 19.4. The Labute approximate surface area is 159 Å². The lowest BCUT2D eigenvalue weighted by molar-refractivity contribution is 0.0693. The third-order valence-corrected chi connectivity index (χ3v) is 6.87. The molecule has 2 aromatic carbocycles. The lowest BCUT2D eigenvalue weighted by atomic mass is 9.91. The SMILES string of the molecule is COc1ccc(S(=O)(=O)N2CCC(Cc3ccccc3)CC2)cc1C(=O)O. The molecule has 0 spiro atoms. The van der Waals surface area contributed by atoms with E-state index in [-0.39, 0.29) is 16.2 Å². The second-order valence-electron chi connectivity index (χ2n) is 6.70. The molecule has 1 fully saturated rings. The molecule has 0 atom stereocenters. The molecule has 3 rings (SSSR count). The number of methoxy groups -OCH3 is 1. The second kappa shape index (κ2) is 8.10. The number of sulfonamides is 1. The number of aromatic carboxylic acids is 1. The van der Waals surface area contributed by atoms with Gasteiger partial charge in [0, 0.05) is 13.1 Å². The molecule has 0 amide bonds. The Balaban J connectivity index is 1.71. The molecule has 2 aromatic rings. The van der Waals surface area contributed by atoms with Gasteiger partial charge in [0.25, 0.3) is 0 Å². The molecule has 27 heavy (non-hydrogen) atoms. The summed E-state index contributed by atoms with van der Waals surface area (Å²) in [5.74, 6) is -0.627. The molecular weight excluding hydrogens is 366 g/mol. The zero-order chi connectivity index (χ0) is 19.4. The van der Waals surface area contributed by atoms with Crippen LogP contribution in [0, 0.1) is 5.92 Å². The van der Waals surface area contributed by atoms with Crippen LogP contribution >= 0.6 is 0 Å². The number of hydrogen-bond acceptors (Lipinski definition) is 4. The van der Waals surface area contributed by atoms with E-state index < -0.39 is 16.0 Å². The third-order valence-electron chi connectivity index (χ3n) is 4.98. The van der Waals surface area contributed by atoms with Gasteiger partial charge < -0.3 is 9.84 Å². The van der Waals surface area contributed by atoms with E-state index in [1.54, 1.807) is 0 Å². The number of benzene rings is 2. The van der Waals surface area contributed by atoms with E-state index >= 15 is 0 Å². The van der Waals surface area contributed by atoms with Crippen molar-refractivity contribution in [3.05, 3.63) is 59.7 Å². The fourth-order valence-corrected chi connectivity index (χ4v) is 4.96. The van der Waals surface area contributed by atoms with Gasteiger partial charge in [-0.3, -0.25) is 0 Å². The van der Waals surface area contributed by atoms with E-state index in [1.165, 1.54) is 35.2 Å². The summed E-state index contributed by atoms with van der Waals surface area (Å²) in [6.45, 7) is 0.878. The fourth-order valence-electron chi connectivity index (χ4n) is 3.46. The smallest absolute Gasteiger partial charge is 0.339 e. The van der Waals surface area contributed by atoms with Gasteiger partial charge in [-0.1, -0.05) is 30.3 Å². The van der Waals surface area contributed by atoms with Crippen molar-refractivity contribution in [1.29, 1.82) is 0 Å². The normalized spacial score (nSPS) is 16.2. The summed E-state index contributed by atoms with van der Waals surface area (Å²) in [6, 6.07) is 14.2. The van der Waals surface area contributed by atoms with Crippen LogP contribution in [0.2, 0.25) is 0 Å². The van der Waals surface area contributed by atoms with Gasteiger partial charge in [0.1, 0.15) is 11.3 Å². The lowest BCUT2D eigenvalue weighted by Crippen LogP contribution is -2.38. The minimum Gasteiger partial charge on any atom is -0.496 e. The van der Waals surface area contributed by atoms with Gasteiger partial charge in [-0.15, -0.1) is 0 Å². The highest BCUT2D eigenvalue weighted by molar-refractivity contribution is 7.89. The van der Waals surface area contributed by atoms with Gasteiger partial charge in [-0.25, -0.2) is 13.2 Å². The summed E-state index contributed by atoms with van der Waals surface area (Å²) < 4.78 is 32.3. The molecule has 0 unspecified atom stereocenters. The van der Waals surface area contributed by atoms with E-state index in [0.29, 0.717) is 19.0 Å². The highest BCUT2D eigenvalue weighted by Gasteiger charge is 2.30. The summed E-state index contributed by atoms with van der Waals surface area (Å²) >= 11 is 0. The van der Waals surface area contributed by atoms with E-state index in [2.05, 4.69) is 12.1 Å². The maximum absolute atomic E-state index is 12.9. The van der Waals surface area contributed by atoms with Gasteiger partial charge in [-0.05, 0) is 48.9 Å². The summed E-state index contributed by atoms with van der Waals surface area (Å²) in [6.07, 6.45) is 2.52. The van der Waals surface area contributed by atoms with Gasteiger partial charge in [-0.2, -0.15) is 4.31 Å². The number of hydrogen-bond donors (Lipinski definition) is 1. The van der Waals surface area contributed by atoms with Crippen molar-refractivity contribution in [3.8, 4) is 5.75 Å². The lowest BCUT2D eigenvalue weighted by Gasteiger charge is -2.31. The zero-order valence-corrected chi connectivity index (χ0v) is 16.0. The van der Waals surface area contributed by atoms with Crippen LogP contribution in [0.5, 0.6) is 5.75 Å². The predicted molar refractivity (Wildman–Crippen MR) is 102 cm³/mol. The Morgan fingerprint density at radius 1 is 1.15 bits per heavy atom. The second-order valence-corrected chi connectivity index (χ2v) is 8.64. The van der Waals surface area contributed by atoms with Crippen molar-refractivity contribution >= 4 is 16.0 Å². The van der Waals surface area contributed by atoms with Crippen molar-refractivity contribution in [3.63, 3.8) is 0 Å². The third kappa shape index (κ3) is 4.31. The highest BCUT2D eigenvalue weighted by atomic mass is 32.2. The van der Waals surface area contributed by atoms with Crippen molar-refractivity contribution in [2.45, 2.75) is 24.2 Å². The van der Waals surface area contributed by atoms with Crippen LogP contribution < -0.4 is 4.74 Å². The minimum atomic E-state index is -3.72. The first-order valence-electron chi connectivity index (χ1n) is 8.87. The van der Waals surface area contributed by atoms with Gasteiger partial charge in [0.15, 0.2) is 0 Å². The number of nitrogens with zero attached hydrogens (tertiary/aromatic N) is 1. The van der Waals surface area contributed by atoms with Gasteiger partial charge >= 0.3 is 5.97 Å². The quantitative estimate of drug-likeness (QED) is 0.821. The molecule has 1 aliphatic heterocycles. The topological polar surface area (TPSA) is 83.9 Å². The Hall–Kier alpha value is -2.38. The number of carboxylic acid groups (broad SMARTS) is 1. The Morgan fingerprint density at radius 2 is 1.81 bits per heavy atom. The van der Waals surface area contributed by atoms with Crippen molar-refractivity contribution in [1.82, 2.24) is 4.31 Å². The molecule has 0 aliphatic carbocycles. The van der Waals surface area contributed by atoms with Crippen molar-refractivity contribution in [2.75, 3.05) is 20.2 Å². The molecule has 1 aliphatic rings. The van der Waals surface area contributed by atoms with Crippen LogP contribution in [0.25, 0.3) is 0 Å². The first-order chi connectivity index (χ1) is 12.9. The van der Waals surface area contributed by atoms with E-state index in [9.17, 15) is 18.3 Å². The van der Waals surface area contributed by atoms with Crippen LogP contribution in [0.4, 0.5) is 0 Å². The number of carboxylic acids is 1. The first-order valence-corrected chi connectivity index (χ1v) is 10.3. The van der Waals surface area contributed by atoms with Crippen LogP contribution in [-0.2, 0) is 16.4 Å². The van der Waals surface area contributed by atoms with Crippen LogP contribution in [0.3, 0.4) is 0 Å². The van der Waals surface area contributed by atoms with Crippen LogP contribution in [-0.4, -0.2) is 44.0 Å². The standard InChI is InChI=1S/C20H23NO5S/c1-26-19-8-7-17(14-18(19)20(22)23)27(24,25)21-11-9-16(10-12-21)13-15-5-3-2-4-6-15/h2-8,14,16H,9-13H2,1H3,(H,22,23). The largest absolute Gasteiger partial charge is 0.496 e. The Kier molecular flexibility index (Phi) is 5.82. The Bertz CT molecular complexity index is 903. The summed E-state index contributed by atoms with van der Waals surface area (Å²) in [4.78, 5) is 11.4. The Morgan fingerprint density at radius 3 is 2.41 bits per heavy atom.